The SMILES string of the molecule is CC/C(=C(/c1ccc(OCCNC/C=C/C(=O)N2CCCC2)cc1)c1ccc2n[nH]c(F)c2c1)c1ccccc1. The van der Waals surface area contributed by atoms with Gasteiger partial charge in [-0.05, 0) is 71.4 Å². The van der Waals surface area contributed by atoms with Crippen molar-refractivity contribution in [1.29, 1.82) is 0 Å². The predicted molar refractivity (Wildman–Crippen MR) is 158 cm³/mol. The lowest BCUT2D eigenvalue weighted by molar-refractivity contribution is -0.125. The highest BCUT2D eigenvalue weighted by Crippen LogP contribution is 2.36. The summed E-state index contributed by atoms with van der Waals surface area (Å²) in [5.41, 5.74) is 5.93. The molecule has 0 spiro atoms. The van der Waals surface area contributed by atoms with Gasteiger partial charge in [0.2, 0.25) is 11.9 Å². The number of aromatic amines is 1. The van der Waals surface area contributed by atoms with Gasteiger partial charge in [-0.25, -0.2) is 0 Å². The molecule has 1 aliphatic rings. The average molecular weight is 539 g/mol. The van der Waals surface area contributed by atoms with E-state index >= 15 is 0 Å². The van der Waals surface area contributed by atoms with E-state index in [4.69, 9.17) is 4.74 Å². The Kier molecular flexibility index (Phi) is 9.04. The number of ether oxygens (including phenoxy) is 1. The van der Waals surface area contributed by atoms with Crippen molar-refractivity contribution in [1.82, 2.24) is 20.4 Å². The summed E-state index contributed by atoms with van der Waals surface area (Å²) in [6.45, 7) is 5.67. The first-order chi connectivity index (χ1) is 19.6. The summed E-state index contributed by atoms with van der Waals surface area (Å²) in [6, 6.07) is 24.1. The second-order valence-electron chi connectivity index (χ2n) is 9.85. The van der Waals surface area contributed by atoms with Crippen LogP contribution in [-0.2, 0) is 4.79 Å². The van der Waals surface area contributed by atoms with Crippen LogP contribution in [0, 0.1) is 5.95 Å². The maximum atomic E-state index is 14.4. The molecule has 5 rings (SSSR count). The van der Waals surface area contributed by atoms with E-state index < -0.39 is 5.95 Å². The highest BCUT2D eigenvalue weighted by molar-refractivity contribution is 6.00. The second-order valence-corrected chi connectivity index (χ2v) is 9.85. The summed E-state index contributed by atoms with van der Waals surface area (Å²) in [4.78, 5) is 13.9. The Morgan fingerprint density at radius 2 is 1.77 bits per heavy atom. The van der Waals surface area contributed by atoms with Crippen LogP contribution in [0.15, 0.2) is 84.9 Å². The van der Waals surface area contributed by atoms with Crippen LogP contribution in [0.25, 0.3) is 22.0 Å². The molecule has 1 saturated heterocycles. The first kappa shape index (κ1) is 27.3. The molecular weight excluding hydrogens is 503 g/mol. The average Bonchev–Trinajstić information content (AvgIpc) is 3.67. The molecule has 7 heteroatoms. The molecule has 2 N–H and O–H groups in total. The van der Waals surface area contributed by atoms with Crippen molar-refractivity contribution in [3.8, 4) is 5.75 Å². The maximum absolute atomic E-state index is 14.4. The maximum Gasteiger partial charge on any atom is 0.246 e. The number of fused-ring (bicyclic) bond motifs is 1. The smallest absolute Gasteiger partial charge is 0.246 e. The number of allylic oxidation sites excluding steroid dienone is 1. The first-order valence-electron chi connectivity index (χ1n) is 14.0. The standard InChI is InChI=1S/C33H35FN4O2/c1-2-28(24-9-4-3-5-10-24)32(26-14-17-30-29(23-26)33(34)37-36-30)25-12-15-27(16-13-25)40-22-19-35-18-8-11-31(39)38-20-6-7-21-38/h3-5,8-17,23,35H,2,6-7,18-22H2,1H3,(H,36,37)/b11-8+,32-28+. The zero-order valence-corrected chi connectivity index (χ0v) is 22.8. The number of likely N-dealkylation sites (tertiary alicyclic amines) is 1. The third kappa shape index (κ3) is 6.49. The monoisotopic (exact) mass is 538 g/mol. The zero-order chi connectivity index (χ0) is 27.7. The van der Waals surface area contributed by atoms with Gasteiger partial charge in [0.25, 0.3) is 0 Å². The molecule has 0 radical (unpaired) electrons. The van der Waals surface area contributed by atoms with Crippen molar-refractivity contribution in [3.63, 3.8) is 0 Å². The van der Waals surface area contributed by atoms with Crippen molar-refractivity contribution in [2.24, 2.45) is 0 Å². The van der Waals surface area contributed by atoms with Gasteiger partial charge in [0, 0.05) is 32.3 Å². The van der Waals surface area contributed by atoms with Crippen molar-refractivity contribution in [2.45, 2.75) is 26.2 Å². The lowest BCUT2D eigenvalue weighted by Crippen LogP contribution is -2.26. The van der Waals surface area contributed by atoms with Crippen molar-refractivity contribution < 1.29 is 13.9 Å². The fraction of sp³-hybridized carbons (Fsp3) is 0.273. The minimum absolute atomic E-state index is 0.0948. The molecule has 4 aromatic rings. The number of rotatable bonds is 11. The Bertz CT molecular complexity index is 1490. The third-order valence-electron chi connectivity index (χ3n) is 7.20. The van der Waals surface area contributed by atoms with Crippen LogP contribution >= 0.6 is 0 Å². The molecule has 1 fully saturated rings. The minimum atomic E-state index is -0.431. The Labute approximate surface area is 234 Å². The van der Waals surface area contributed by atoms with Crippen LogP contribution in [0.4, 0.5) is 4.39 Å². The summed E-state index contributed by atoms with van der Waals surface area (Å²) >= 11 is 0. The summed E-state index contributed by atoms with van der Waals surface area (Å²) in [7, 11) is 0. The normalized spacial score (nSPS) is 14.2. The number of nitrogens with one attached hydrogen (secondary N) is 2. The Morgan fingerprint density at radius 3 is 2.52 bits per heavy atom. The summed E-state index contributed by atoms with van der Waals surface area (Å²) < 4.78 is 20.3. The number of aromatic nitrogens is 2. The van der Waals surface area contributed by atoms with E-state index in [1.807, 2.05) is 59.5 Å². The van der Waals surface area contributed by atoms with Crippen LogP contribution in [0.5, 0.6) is 5.75 Å². The largest absolute Gasteiger partial charge is 0.492 e. The van der Waals surface area contributed by atoms with E-state index in [1.165, 1.54) is 5.57 Å². The number of halogens is 1. The van der Waals surface area contributed by atoms with E-state index in [-0.39, 0.29) is 5.91 Å². The molecule has 2 heterocycles. The van der Waals surface area contributed by atoms with Gasteiger partial charge in [-0.1, -0.05) is 61.5 Å². The molecule has 3 aromatic carbocycles. The van der Waals surface area contributed by atoms with Crippen molar-refractivity contribution in [3.05, 3.63) is 108 Å². The molecule has 1 aliphatic heterocycles. The second kappa shape index (κ2) is 13.2. The zero-order valence-electron chi connectivity index (χ0n) is 22.8. The summed E-state index contributed by atoms with van der Waals surface area (Å²) in [5, 5.41) is 10.2. The Hall–Kier alpha value is -4.23. The molecule has 0 unspecified atom stereocenters. The van der Waals surface area contributed by atoms with Gasteiger partial charge < -0.3 is 15.0 Å². The van der Waals surface area contributed by atoms with E-state index in [9.17, 15) is 9.18 Å². The van der Waals surface area contributed by atoms with Crippen LogP contribution < -0.4 is 10.1 Å². The fourth-order valence-corrected chi connectivity index (χ4v) is 5.16. The van der Waals surface area contributed by atoms with Crippen LogP contribution in [0.3, 0.4) is 0 Å². The lowest BCUT2D eigenvalue weighted by Gasteiger charge is -2.17. The molecule has 0 atom stereocenters. The Balaban J connectivity index is 1.27. The minimum Gasteiger partial charge on any atom is -0.492 e. The van der Waals surface area contributed by atoms with Crippen LogP contribution in [-0.4, -0.2) is 53.8 Å². The highest BCUT2D eigenvalue weighted by atomic mass is 19.1. The van der Waals surface area contributed by atoms with Crippen LogP contribution in [0.1, 0.15) is 42.9 Å². The van der Waals surface area contributed by atoms with Gasteiger partial charge in [0.05, 0.1) is 10.9 Å². The van der Waals surface area contributed by atoms with Gasteiger partial charge in [-0.15, -0.1) is 0 Å². The Morgan fingerprint density at radius 1 is 1.02 bits per heavy atom. The molecule has 0 aliphatic carbocycles. The van der Waals surface area contributed by atoms with E-state index in [1.54, 1.807) is 6.08 Å². The summed E-state index contributed by atoms with van der Waals surface area (Å²) in [5.74, 6) is 0.441. The van der Waals surface area contributed by atoms with Gasteiger partial charge in [0.15, 0.2) is 0 Å². The van der Waals surface area contributed by atoms with Crippen LogP contribution in [0.2, 0.25) is 0 Å². The van der Waals surface area contributed by atoms with Gasteiger partial charge >= 0.3 is 0 Å². The highest BCUT2D eigenvalue weighted by Gasteiger charge is 2.16. The first-order valence-corrected chi connectivity index (χ1v) is 14.0. The number of carbonyl (C=O) groups excluding carboxylic acids is 1. The number of carbonyl (C=O) groups is 1. The topological polar surface area (TPSA) is 70.2 Å². The molecule has 0 saturated carbocycles. The molecule has 1 amide bonds. The number of H-pyrrole nitrogens is 1. The third-order valence-corrected chi connectivity index (χ3v) is 7.20. The van der Waals surface area contributed by atoms with Gasteiger partial charge in [-0.2, -0.15) is 9.49 Å². The number of hydrogen-bond donors (Lipinski definition) is 2. The molecular formula is C33H35FN4O2. The van der Waals surface area contributed by atoms with Crippen molar-refractivity contribution in [2.75, 3.05) is 32.8 Å². The molecule has 1 aromatic heterocycles. The van der Waals surface area contributed by atoms with E-state index in [0.29, 0.717) is 30.6 Å². The fourth-order valence-electron chi connectivity index (χ4n) is 5.16. The number of hydrogen-bond acceptors (Lipinski definition) is 4. The van der Waals surface area contributed by atoms with Gasteiger partial charge in [0.1, 0.15) is 12.4 Å². The molecule has 6 nitrogen and oxygen atoms in total. The quantitative estimate of drug-likeness (QED) is 0.135. The number of nitrogens with zero attached hydrogens (tertiary/aromatic N) is 2. The molecule has 206 valence electrons. The molecule has 40 heavy (non-hydrogen) atoms. The van der Waals surface area contributed by atoms with Crippen molar-refractivity contribution >= 4 is 28.0 Å². The van der Waals surface area contributed by atoms with Gasteiger partial charge in [-0.3, -0.25) is 9.89 Å². The number of amides is 1. The predicted octanol–water partition coefficient (Wildman–Crippen LogP) is 6.22. The molecule has 0 bridgehead atoms. The number of benzene rings is 3. The lowest BCUT2D eigenvalue weighted by atomic mass is 9.88. The summed E-state index contributed by atoms with van der Waals surface area (Å²) in [6.07, 6.45) is 6.53. The van der Waals surface area contributed by atoms with E-state index in [0.717, 1.165) is 60.4 Å². The van der Waals surface area contributed by atoms with E-state index in [2.05, 4.69) is 46.7 Å².